The molecule has 0 aliphatic heterocycles. The molecule has 0 atom stereocenters. The normalized spacial score (nSPS) is 12.5. The maximum Gasteiger partial charge on any atom is 0.316 e. The zero-order valence-corrected chi connectivity index (χ0v) is 15.9. The maximum atomic E-state index is 6.42. The van der Waals surface area contributed by atoms with Crippen molar-refractivity contribution in [2.75, 3.05) is 6.23 Å². The van der Waals surface area contributed by atoms with Crippen LogP contribution in [0.25, 0.3) is 6.08 Å². The monoisotopic (exact) mass is 346 g/mol. The summed E-state index contributed by atoms with van der Waals surface area (Å²) in [6.45, 7) is 8.58. The summed E-state index contributed by atoms with van der Waals surface area (Å²) in [5.74, 6) is 0.699. The fourth-order valence-electron chi connectivity index (χ4n) is 2.05. The topological polar surface area (TPSA) is 70.0 Å². The predicted molar refractivity (Wildman–Crippen MR) is 94.6 cm³/mol. The Balaban J connectivity index is 1.93. The van der Waals surface area contributed by atoms with Crippen molar-refractivity contribution < 1.29 is 8.85 Å². The van der Waals surface area contributed by atoms with Crippen molar-refractivity contribution in [1.29, 1.82) is 0 Å². The first-order chi connectivity index (χ1) is 10.9. The van der Waals surface area contributed by atoms with Crippen molar-refractivity contribution in [1.82, 2.24) is 19.9 Å². The van der Waals surface area contributed by atoms with E-state index in [4.69, 9.17) is 8.85 Å². The van der Waals surface area contributed by atoms with Gasteiger partial charge in [0, 0.05) is 24.8 Å². The second-order valence-electron chi connectivity index (χ2n) is 6.23. The summed E-state index contributed by atoms with van der Waals surface area (Å²) in [5, 5.41) is 0. The molecule has 0 saturated heterocycles. The van der Waals surface area contributed by atoms with Gasteiger partial charge in [-0.15, -0.1) is 0 Å². The second-order valence-corrected chi connectivity index (χ2v) is 14.4. The molecule has 0 bridgehead atoms. The molecule has 2 aromatic rings. The van der Waals surface area contributed by atoms with Crippen molar-refractivity contribution in [3.05, 3.63) is 48.4 Å². The average molecular weight is 347 g/mol. The molecule has 0 fully saturated rings. The van der Waals surface area contributed by atoms with Crippen molar-refractivity contribution >= 4 is 22.7 Å². The third-order valence-corrected chi connectivity index (χ3v) is 8.97. The Morgan fingerprint density at radius 3 is 2.09 bits per heavy atom. The summed E-state index contributed by atoms with van der Waals surface area (Å²) in [7, 11) is -3.97. The highest BCUT2D eigenvalue weighted by atomic mass is 28.4. The molecule has 6 nitrogen and oxygen atoms in total. The van der Waals surface area contributed by atoms with Gasteiger partial charge in [-0.25, -0.2) is 19.9 Å². The van der Waals surface area contributed by atoms with Gasteiger partial charge in [-0.1, -0.05) is 5.70 Å². The van der Waals surface area contributed by atoms with E-state index in [1.165, 1.54) is 0 Å². The van der Waals surface area contributed by atoms with E-state index in [1.54, 1.807) is 36.9 Å². The first-order valence-electron chi connectivity index (χ1n) is 7.43. The Hall–Kier alpha value is -1.91. The smallest absolute Gasteiger partial charge is 0.316 e. The molecule has 0 aliphatic rings. The highest BCUT2D eigenvalue weighted by Gasteiger charge is 2.32. The molecule has 0 aliphatic carbocycles. The van der Waals surface area contributed by atoms with E-state index >= 15 is 0 Å². The average Bonchev–Trinajstić information content (AvgIpc) is 2.52. The molecule has 0 radical (unpaired) electrons. The Morgan fingerprint density at radius 1 is 0.913 bits per heavy atom. The fourth-order valence-corrected chi connectivity index (χ4v) is 9.28. The molecule has 2 rings (SSSR count). The lowest BCUT2D eigenvalue weighted by Gasteiger charge is -2.31. The van der Waals surface area contributed by atoms with E-state index in [1.807, 2.05) is 6.08 Å². The van der Waals surface area contributed by atoms with Crippen LogP contribution in [0, 0.1) is 0 Å². The molecule has 0 aromatic carbocycles. The Morgan fingerprint density at radius 2 is 1.48 bits per heavy atom. The lowest BCUT2D eigenvalue weighted by Crippen LogP contribution is -2.47. The van der Waals surface area contributed by atoms with Gasteiger partial charge >= 0.3 is 6.01 Å². The van der Waals surface area contributed by atoms with Crippen molar-refractivity contribution in [3.8, 4) is 6.01 Å². The van der Waals surface area contributed by atoms with Crippen LogP contribution in [-0.4, -0.2) is 42.8 Å². The van der Waals surface area contributed by atoms with Gasteiger partial charge in [-0.3, -0.25) is 0 Å². The Bertz CT molecular complexity index is 636. The molecule has 122 valence electrons. The molecular formula is C15H22N4O2Si2. The number of ether oxygens (including phenoxy) is 1. The summed E-state index contributed by atoms with van der Waals surface area (Å²) >= 11 is 0. The van der Waals surface area contributed by atoms with Crippen molar-refractivity contribution in [2.24, 2.45) is 0 Å². The largest absolute Gasteiger partial charge is 0.464 e. The SMILES string of the molecule is C[Si](C)(/C=C/c1ncccn1)O[Si](C)(C)COc1ncccn1. The lowest BCUT2D eigenvalue weighted by molar-refractivity contribution is 0.326. The van der Waals surface area contributed by atoms with Gasteiger partial charge in [0.2, 0.25) is 8.32 Å². The van der Waals surface area contributed by atoms with Crippen molar-refractivity contribution in [3.63, 3.8) is 0 Å². The first-order valence-corrected chi connectivity index (χ1v) is 13.5. The number of nitrogens with zero attached hydrogens (tertiary/aromatic N) is 4. The van der Waals surface area contributed by atoms with Crippen LogP contribution < -0.4 is 4.74 Å². The third-order valence-electron chi connectivity index (χ3n) is 2.85. The van der Waals surface area contributed by atoms with Gasteiger partial charge in [0.25, 0.3) is 0 Å². The number of aromatic nitrogens is 4. The van der Waals surface area contributed by atoms with Gasteiger partial charge in [0.05, 0.1) is 0 Å². The zero-order chi connectivity index (χ0) is 16.8. The molecule has 0 N–H and O–H groups in total. The number of hydrogen-bond acceptors (Lipinski definition) is 6. The fraction of sp³-hybridized carbons (Fsp3) is 0.333. The van der Waals surface area contributed by atoms with Gasteiger partial charge in [0.1, 0.15) is 6.23 Å². The minimum Gasteiger partial charge on any atom is -0.464 e. The van der Waals surface area contributed by atoms with E-state index in [9.17, 15) is 0 Å². The van der Waals surface area contributed by atoms with Crippen molar-refractivity contribution in [2.45, 2.75) is 26.2 Å². The molecule has 0 saturated carbocycles. The molecule has 2 heterocycles. The quantitative estimate of drug-likeness (QED) is 0.718. The van der Waals surface area contributed by atoms with Gasteiger partial charge in [0.15, 0.2) is 14.1 Å². The molecular weight excluding hydrogens is 324 g/mol. The van der Waals surface area contributed by atoms with E-state index < -0.39 is 16.6 Å². The molecule has 0 spiro atoms. The number of hydrogen-bond donors (Lipinski definition) is 0. The summed E-state index contributed by atoms with van der Waals surface area (Å²) in [4.78, 5) is 16.5. The number of rotatable bonds is 7. The maximum absolute atomic E-state index is 6.42. The van der Waals surface area contributed by atoms with Crippen LogP contribution in [0.2, 0.25) is 26.2 Å². The van der Waals surface area contributed by atoms with E-state index in [0.717, 1.165) is 0 Å². The predicted octanol–water partition coefficient (Wildman–Crippen LogP) is 2.86. The molecule has 23 heavy (non-hydrogen) atoms. The molecule has 2 aromatic heterocycles. The Kier molecular flexibility index (Phi) is 5.75. The van der Waals surface area contributed by atoms with Crippen LogP contribution >= 0.6 is 0 Å². The van der Waals surface area contributed by atoms with E-state index in [0.29, 0.717) is 18.1 Å². The summed E-state index contributed by atoms with van der Waals surface area (Å²) in [5.41, 5.74) is 2.11. The molecule has 0 unspecified atom stereocenters. The zero-order valence-electron chi connectivity index (χ0n) is 13.9. The van der Waals surface area contributed by atoms with Gasteiger partial charge in [-0.05, 0) is 44.4 Å². The molecule has 8 heteroatoms. The lowest BCUT2D eigenvalue weighted by atomic mass is 10.5. The standard InChI is InChI=1S/C15H22N4O2Si2/c1-22(2,12-7-14-16-8-5-9-17-14)21-23(3,4)13-20-15-18-10-6-11-19-15/h5-12H,13H2,1-4H3/b12-7+. The van der Waals surface area contributed by atoms with Gasteiger partial charge in [-0.2, -0.15) is 0 Å². The van der Waals surface area contributed by atoms with Gasteiger partial charge < -0.3 is 8.85 Å². The summed E-state index contributed by atoms with van der Waals surface area (Å²) in [6, 6.07) is 3.96. The second kappa shape index (κ2) is 7.58. The third kappa shape index (κ3) is 6.39. The summed E-state index contributed by atoms with van der Waals surface area (Å²) in [6.07, 6.45) is 9.24. The van der Waals surface area contributed by atoms with E-state index in [2.05, 4.69) is 51.8 Å². The minimum atomic E-state index is -1.99. The Labute approximate surface area is 138 Å². The molecule has 0 amide bonds. The van der Waals surface area contributed by atoms with Crippen LogP contribution in [0.1, 0.15) is 5.82 Å². The highest BCUT2D eigenvalue weighted by molar-refractivity contribution is 6.87. The van der Waals surface area contributed by atoms with Crippen LogP contribution in [0.5, 0.6) is 6.01 Å². The first kappa shape index (κ1) is 17.4. The van der Waals surface area contributed by atoms with Crippen LogP contribution in [0.15, 0.2) is 42.6 Å². The highest BCUT2D eigenvalue weighted by Crippen LogP contribution is 2.17. The van der Waals surface area contributed by atoms with E-state index in [-0.39, 0.29) is 0 Å². The minimum absolute atomic E-state index is 0.393. The van der Waals surface area contributed by atoms with Crippen LogP contribution in [0.4, 0.5) is 0 Å². The van der Waals surface area contributed by atoms with Crippen LogP contribution in [-0.2, 0) is 4.12 Å². The summed E-state index contributed by atoms with van der Waals surface area (Å²) < 4.78 is 12.1. The van der Waals surface area contributed by atoms with Crippen LogP contribution in [0.3, 0.4) is 0 Å².